The van der Waals surface area contributed by atoms with Gasteiger partial charge in [0.2, 0.25) is 41.4 Å². The first kappa shape index (κ1) is 88.7. The largest absolute Gasteiger partial charge is 0.461 e. The van der Waals surface area contributed by atoms with Gasteiger partial charge in [-0.1, -0.05) is 38.1 Å². The molecule has 0 bridgehead atoms. The van der Waals surface area contributed by atoms with Crippen molar-refractivity contribution in [2.24, 2.45) is 11.5 Å². The van der Waals surface area contributed by atoms with Gasteiger partial charge in [0.15, 0.2) is 0 Å². The molecule has 1 saturated heterocycles. The lowest BCUT2D eigenvalue weighted by Crippen LogP contribution is -2.47. The number of ether oxygens (including phenoxy) is 10. The van der Waals surface area contributed by atoms with Crippen molar-refractivity contribution >= 4 is 94.5 Å². The number of carbonyl (C=O) groups is 14. The number of hydroxylamine groups is 2. The standard InChI is InChI=1S/C67H102N12O25/c1-3-61(87)102-46-48-12-16-50(17-13-48)74-64(90)52(8-6-24-70-66(68)92)76-56(82)44-72-54(80)22-28-94-32-36-98-40-42-100-38-34-96-30-26-78(58(84)10-5-11-63(89)104-79-59(85)20-21-60(79)86)27-31-97-35-39-101-43-41-99-37-33-95-29-23-55(81)73-45-57(83)77-53(9-7-25-71-67(69)93)65(91)75-51-18-14-49(15-19-51)47-103-62(88)4-2/h12-19,52-53H,3-11,20-47H2,1-2H3,(H,72,80)(H,73,81)(H,74,90)(H,75,91)(H,76,82)(H,77,83)(H3,68,70,92)(H3,69,71,93)/t52-,53-/m0/s1. The predicted molar refractivity (Wildman–Crippen MR) is 367 cm³/mol. The molecule has 2 aromatic carbocycles. The Kier molecular flexibility index (Phi) is 47.0. The zero-order valence-corrected chi connectivity index (χ0v) is 59.2. The van der Waals surface area contributed by atoms with Gasteiger partial charge in [-0.2, -0.15) is 0 Å². The molecular formula is C67H102N12O25. The quantitative estimate of drug-likeness (QED) is 0.0233. The number of urea groups is 2. The highest BCUT2D eigenvalue weighted by Crippen LogP contribution is 2.16. The van der Waals surface area contributed by atoms with Crippen LogP contribution in [0, 0.1) is 0 Å². The molecule has 0 aliphatic carbocycles. The molecule has 13 amide bonds. The van der Waals surface area contributed by atoms with Gasteiger partial charge in [-0.3, -0.25) is 52.7 Å². The maximum atomic E-state index is 13.3. The van der Waals surface area contributed by atoms with Crippen LogP contribution in [-0.4, -0.2) is 250 Å². The molecule has 12 N–H and O–H groups in total. The van der Waals surface area contributed by atoms with Crippen LogP contribution in [0.2, 0.25) is 0 Å². The average molecular weight is 1480 g/mol. The molecule has 2 atom stereocenters. The van der Waals surface area contributed by atoms with Crippen molar-refractivity contribution in [2.45, 2.75) is 123 Å². The van der Waals surface area contributed by atoms with E-state index in [4.69, 9.17) is 63.7 Å². The molecule has 0 spiro atoms. The highest BCUT2D eigenvalue weighted by Gasteiger charge is 2.33. The number of hydrogen-bond acceptors (Lipinski definition) is 25. The molecule has 3 rings (SSSR count). The second-order valence-electron chi connectivity index (χ2n) is 22.7. The summed E-state index contributed by atoms with van der Waals surface area (Å²) >= 11 is 0. The summed E-state index contributed by atoms with van der Waals surface area (Å²) in [5.74, 6) is -6.32. The van der Waals surface area contributed by atoms with Gasteiger partial charge in [-0.15, -0.1) is 5.06 Å². The van der Waals surface area contributed by atoms with Crippen molar-refractivity contribution in [3.05, 3.63) is 59.7 Å². The molecule has 0 radical (unpaired) electrons. The minimum Gasteiger partial charge on any atom is -0.461 e. The molecular weight excluding hydrogens is 1370 g/mol. The Balaban J connectivity index is 1.25. The van der Waals surface area contributed by atoms with Gasteiger partial charge in [-0.05, 0) is 67.5 Å². The maximum Gasteiger partial charge on any atom is 0.333 e. The number of esters is 2. The molecule has 1 heterocycles. The molecule has 0 unspecified atom stereocenters. The van der Waals surface area contributed by atoms with Crippen LogP contribution >= 0.6 is 0 Å². The lowest BCUT2D eigenvalue weighted by Gasteiger charge is -2.23. The number of hydrogen-bond donors (Lipinski definition) is 10. The van der Waals surface area contributed by atoms with Gasteiger partial charge in [0.25, 0.3) is 11.8 Å². The van der Waals surface area contributed by atoms with E-state index in [1.165, 1.54) is 4.90 Å². The van der Waals surface area contributed by atoms with Crippen LogP contribution in [0.3, 0.4) is 0 Å². The third kappa shape index (κ3) is 43.5. The van der Waals surface area contributed by atoms with E-state index in [9.17, 15) is 67.1 Å². The number of benzene rings is 2. The topological polar surface area (TPSA) is 495 Å². The number of rotatable bonds is 59. The first-order valence-electron chi connectivity index (χ1n) is 34.4. The van der Waals surface area contributed by atoms with E-state index in [0.29, 0.717) is 40.4 Å². The Morgan fingerprint density at radius 1 is 0.433 bits per heavy atom. The fourth-order valence-corrected chi connectivity index (χ4v) is 8.87. The number of amides is 13. The van der Waals surface area contributed by atoms with Crippen molar-refractivity contribution in [1.29, 1.82) is 0 Å². The normalized spacial score (nSPS) is 12.3. The summed E-state index contributed by atoms with van der Waals surface area (Å²) in [6.45, 7) is 6.26. The average Bonchev–Trinajstić information content (AvgIpc) is 1.74. The van der Waals surface area contributed by atoms with Crippen LogP contribution < -0.4 is 54.0 Å². The summed E-state index contributed by atoms with van der Waals surface area (Å²) < 4.78 is 54.8. The number of carbonyl (C=O) groups excluding carboxylic acids is 14. The fourth-order valence-electron chi connectivity index (χ4n) is 8.87. The van der Waals surface area contributed by atoms with Gasteiger partial charge in [0.1, 0.15) is 25.3 Å². The third-order valence-corrected chi connectivity index (χ3v) is 14.5. The second-order valence-corrected chi connectivity index (χ2v) is 22.7. The number of imide groups is 1. The molecule has 1 fully saturated rings. The molecule has 37 heteroatoms. The van der Waals surface area contributed by atoms with Gasteiger partial charge in [0, 0.05) is 88.9 Å². The number of anilines is 2. The zero-order chi connectivity index (χ0) is 76.0. The summed E-state index contributed by atoms with van der Waals surface area (Å²) in [4.78, 5) is 178. The van der Waals surface area contributed by atoms with E-state index in [1.807, 2.05) is 0 Å². The monoisotopic (exact) mass is 1470 g/mol. The van der Waals surface area contributed by atoms with Crippen LogP contribution in [0.25, 0.3) is 0 Å². The van der Waals surface area contributed by atoms with Crippen LogP contribution in [-0.2, 0) is 123 Å². The highest BCUT2D eigenvalue weighted by atomic mass is 16.7. The Hall–Kier alpha value is -9.50. The third-order valence-electron chi connectivity index (χ3n) is 14.5. The summed E-state index contributed by atoms with van der Waals surface area (Å²) in [5.41, 5.74) is 12.5. The van der Waals surface area contributed by atoms with E-state index in [1.54, 1.807) is 62.4 Å². The van der Waals surface area contributed by atoms with Gasteiger partial charge in [0.05, 0.1) is 119 Å². The first-order chi connectivity index (χ1) is 50.1. The fraction of sp³-hybridized carbons (Fsp3) is 0.612. The molecule has 37 nitrogen and oxygen atoms in total. The molecule has 580 valence electrons. The van der Waals surface area contributed by atoms with Crippen molar-refractivity contribution < 1.29 is 119 Å². The number of nitrogens with two attached hydrogens (primary N) is 2. The zero-order valence-electron chi connectivity index (χ0n) is 59.2. The molecule has 1 aliphatic rings. The van der Waals surface area contributed by atoms with Crippen LogP contribution in [0.4, 0.5) is 21.0 Å². The molecule has 0 saturated carbocycles. The van der Waals surface area contributed by atoms with Crippen LogP contribution in [0.1, 0.15) is 108 Å². The molecule has 2 aromatic rings. The van der Waals surface area contributed by atoms with Crippen molar-refractivity contribution in [3.8, 4) is 0 Å². The maximum absolute atomic E-state index is 13.3. The van der Waals surface area contributed by atoms with Gasteiger partial charge in [-0.25, -0.2) is 14.4 Å². The van der Waals surface area contributed by atoms with E-state index in [2.05, 4.69) is 42.5 Å². The Morgan fingerprint density at radius 2 is 0.788 bits per heavy atom. The summed E-state index contributed by atoms with van der Waals surface area (Å²) in [5, 5.41) is 20.9. The van der Waals surface area contributed by atoms with Crippen molar-refractivity contribution in [2.75, 3.05) is 156 Å². The van der Waals surface area contributed by atoms with Crippen LogP contribution in [0.15, 0.2) is 48.5 Å². The van der Waals surface area contributed by atoms with Gasteiger partial charge >= 0.3 is 30.0 Å². The summed E-state index contributed by atoms with van der Waals surface area (Å²) in [6, 6.07) is 9.66. The minimum absolute atomic E-state index is 0.0396. The van der Waals surface area contributed by atoms with E-state index in [-0.39, 0.29) is 234 Å². The number of nitrogens with one attached hydrogen (secondary N) is 8. The van der Waals surface area contributed by atoms with Crippen LogP contribution in [0.5, 0.6) is 0 Å². The molecule has 104 heavy (non-hydrogen) atoms. The Bertz CT molecular complexity index is 2810. The van der Waals surface area contributed by atoms with Crippen molar-refractivity contribution in [1.82, 2.24) is 41.9 Å². The SMILES string of the molecule is CCC(=O)OCc1ccc(NC(=O)[C@H](CCCNC(N)=O)NC(=O)CNC(=O)CCOCCOCCOCCOCCN(CCOCCOCCOCCOCCC(=O)NCC(=O)N[C@@H](CCCNC(N)=O)C(=O)Nc2ccc(COC(=O)CC)cc2)C(=O)CCCC(=O)ON2C(=O)CCC2=O)cc1. The van der Waals surface area contributed by atoms with E-state index in [0.717, 1.165) is 0 Å². The minimum atomic E-state index is -1.02. The lowest BCUT2D eigenvalue weighted by molar-refractivity contribution is -0.197. The van der Waals surface area contributed by atoms with E-state index >= 15 is 0 Å². The lowest BCUT2D eigenvalue weighted by atomic mass is 10.1. The first-order valence-corrected chi connectivity index (χ1v) is 34.4. The van der Waals surface area contributed by atoms with E-state index < -0.39 is 90.5 Å². The van der Waals surface area contributed by atoms with Crippen molar-refractivity contribution in [3.63, 3.8) is 0 Å². The second kappa shape index (κ2) is 55.1. The van der Waals surface area contributed by atoms with Gasteiger partial charge < -0.3 is 111 Å². The molecule has 1 aliphatic heterocycles. The molecule has 0 aromatic heterocycles. The number of primary amides is 2. The Morgan fingerprint density at radius 3 is 1.14 bits per heavy atom. The smallest absolute Gasteiger partial charge is 0.333 e. The summed E-state index contributed by atoms with van der Waals surface area (Å²) in [6.07, 6.45) is 0.959. The number of nitrogens with zero attached hydrogens (tertiary/aromatic N) is 2. The predicted octanol–water partition coefficient (Wildman–Crippen LogP) is -0.212. The highest BCUT2D eigenvalue weighted by molar-refractivity contribution is 6.02. The summed E-state index contributed by atoms with van der Waals surface area (Å²) in [7, 11) is 0. The Labute approximate surface area is 603 Å².